The standard InChI is InChI=1S/C17H30F3N3S/c1-21-9-10-6-12(17(18,19)20)16-15(7-10)24-14-8-11(23(2)3)4-5-13(14)22-16/h10-16,21-22H,4-9H2,1-3H3. The Morgan fingerprint density at radius 2 is 1.88 bits per heavy atom. The van der Waals surface area contributed by atoms with Crippen molar-refractivity contribution in [1.29, 1.82) is 0 Å². The monoisotopic (exact) mass is 365 g/mol. The molecule has 0 aromatic rings. The van der Waals surface area contributed by atoms with E-state index in [0.29, 0.717) is 17.8 Å². The number of hydrogen-bond acceptors (Lipinski definition) is 4. The molecule has 3 fully saturated rings. The van der Waals surface area contributed by atoms with Crippen LogP contribution in [0.3, 0.4) is 0 Å². The summed E-state index contributed by atoms with van der Waals surface area (Å²) in [6, 6.07) is 0.408. The number of alkyl halides is 3. The molecular weight excluding hydrogens is 335 g/mol. The number of nitrogens with zero attached hydrogens (tertiary/aromatic N) is 1. The number of hydrogen-bond donors (Lipinski definition) is 2. The van der Waals surface area contributed by atoms with Crippen LogP contribution in [0.2, 0.25) is 0 Å². The predicted octanol–water partition coefficient (Wildman–Crippen LogP) is 2.72. The molecule has 7 unspecified atom stereocenters. The Hall–Kier alpha value is 0.0200. The van der Waals surface area contributed by atoms with Crippen LogP contribution in [0.5, 0.6) is 0 Å². The van der Waals surface area contributed by atoms with Crippen LogP contribution in [0.4, 0.5) is 13.2 Å². The Balaban J connectivity index is 1.74. The van der Waals surface area contributed by atoms with E-state index in [0.717, 1.165) is 25.7 Å². The molecule has 3 rings (SSSR count). The summed E-state index contributed by atoms with van der Waals surface area (Å²) in [7, 11) is 6.05. The second-order valence-corrected chi connectivity index (χ2v) is 9.47. The minimum atomic E-state index is -4.10. The maximum Gasteiger partial charge on any atom is 0.393 e. The van der Waals surface area contributed by atoms with Gasteiger partial charge in [-0.15, -0.1) is 0 Å². The molecule has 1 heterocycles. The van der Waals surface area contributed by atoms with E-state index in [1.807, 2.05) is 18.8 Å². The fraction of sp³-hybridized carbons (Fsp3) is 1.00. The zero-order valence-corrected chi connectivity index (χ0v) is 15.6. The third-order valence-electron chi connectivity index (χ3n) is 6.15. The lowest BCUT2D eigenvalue weighted by molar-refractivity contribution is -0.193. The summed E-state index contributed by atoms with van der Waals surface area (Å²) in [5.41, 5.74) is 0. The van der Waals surface area contributed by atoms with E-state index in [4.69, 9.17) is 0 Å². The topological polar surface area (TPSA) is 27.3 Å². The summed E-state index contributed by atoms with van der Waals surface area (Å²) in [4.78, 5) is 2.27. The number of thioether (sulfide) groups is 1. The van der Waals surface area contributed by atoms with Crippen molar-refractivity contribution in [3.05, 3.63) is 0 Å². The molecule has 3 aliphatic rings. The van der Waals surface area contributed by atoms with Gasteiger partial charge in [0.25, 0.3) is 0 Å². The molecule has 0 radical (unpaired) electrons. The number of fused-ring (bicyclic) bond motifs is 2. The van der Waals surface area contributed by atoms with Crippen molar-refractivity contribution in [2.24, 2.45) is 11.8 Å². The molecule has 7 heteroatoms. The molecule has 7 atom stereocenters. The van der Waals surface area contributed by atoms with Gasteiger partial charge in [0.05, 0.1) is 5.92 Å². The van der Waals surface area contributed by atoms with Gasteiger partial charge in [-0.25, -0.2) is 0 Å². The second-order valence-electron chi connectivity index (χ2n) is 7.99. The van der Waals surface area contributed by atoms with E-state index in [9.17, 15) is 13.2 Å². The SMILES string of the molecule is CNCC1CC2SC3CC(N(C)C)CCC3NC2C(C(F)(F)F)C1. The fourth-order valence-corrected chi connectivity index (χ4v) is 6.89. The Morgan fingerprint density at radius 1 is 1.12 bits per heavy atom. The molecule has 24 heavy (non-hydrogen) atoms. The molecule has 0 spiro atoms. The lowest BCUT2D eigenvalue weighted by Crippen LogP contribution is -2.64. The summed E-state index contributed by atoms with van der Waals surface area (Å²) < 4.78 is 40.9. The molecule has 2 saturated carbocycles. The van der Waals surface area contributed by atoms with Crippen LogP contribution in [0, 0.1) is 11.8 Å². The van der Waals surface area contributed by atoms with Gasteiger partial charge in [-0.1, -0.05) is 0 Å². The molecule has 140 valence electrons. The van der Waals surface area contributed by atoms with Gasteiger partial charge in [0.15, 0.2) is 0 Å². The van der Waals surface area contributed by atoms with Gasteiger partial charge >= 0.3 is 6.18 Å². The van der Waals surface area contributed by atoms with Gasteiger partial charge in [0.1, 0.15) is 0 Å². The van der Waals surface area contributed by atoms with Crippen LogP contribution in [-0.4, -0.2) is 67.4 Å². The second kappa shape index (κ2) is 7.33. The van der Waals surface area contributed by atoms with Crippen molar-refractivity contribution >= 4 is 11.8 Å². The lowest BCUT2D eigenvalue weighted by Gasteiger charge is -2.52. The highest BCUT2D eigenvalue weighted by molar-refractivity contribution is 8.00. The smallest absolute Gasteiger partial charge is 0.319 e. The van der Waals surface area contributed by atoms with Crippen molar-refractivity contribution in [3.63, 3.8) is 0 Å². The zero-order chi connectivity index (χ0) is 17.5. The summed E-state index contributed by atoms with van der Waals surface area (Å²) in [5, 5.41) is 7.08. The number of halogens is 3. The average molecular weight is 366 g/mol. The van der Waals surface area contributed by atoms with E-state index in [1.54, 1.807) is 0 Å². The maximum atomic E-state index is 13.6. The Kier molecular flexibility index (Phi) is 5.74. The van der Waals surface area contributed by atoms with Crippen LogP contribution in [0.25, 0.3) is 0 Å². The minimum absolute atomic E-state index is 0.0888. The summed E-state index contributed by atoms with van der Waals surface area (Å²) in [5.74, 6) is -1.07. The predicted molar refractivity (Wildman–Crippen MR) is 93.4 cm³/mol. The Labute approximate surface area is 147 Å². The van der Waals surface area contributed by atoms with Crippen LogP contribution in [-0.2, 0) is 0 Å². The highest BCUT2D eigenvalue weighted by atomic mass is 32.2. The Morgan fingerprint density at radius 3 is 2.50 bits per heavy atom. The van der Waals surface area contributed by atoms with Crippen molar-refractivity contribution in [1.82, 2.24) is 15.5 Å². The van der Waals surface area contributed by atoms with Gasteiger partial charge in [-0.05, 0) is 65.7 Å². The van der Waals surface area contributed by atoms with Crippen LogP contribution < -0.4 is 10.6 Å². The summed E-state index contributed by atoms with van der Waals surface area (Å²) >= 11 is 1.85. The van der Waals surface area contributed by atoms with Gasteiger partial charge in [-0.3, -0.25) is 0 Å². The van der Waals surface area contributed by atoms with E-state index >= 15 is 0 Å². The lowest BCUT2D eigenvalue weighted by atomic mass is 9.75. The minimum Gasteiger partial charge on any atom is -0.319 e. The van der Waals surface area contributed by atoms with Gasteiger partial charge in [0, 0.05) is 28.6 Å². The highest BCUT2D eigenvalue weighted by Crippen LogP contribution is 2.49. The van der Waals surface area contributed by atoms with E-state index in [2.05, 4.69) is 29.6 Å². The fourth-order valence-electron chi connectivity index (χ4n) is 4.88. The Bertz CT molecular complexity index is 432. The molecule has 0 amide bonds. The normalized spacial score (nSPS) is 43.4. The average Bonchev–Trinajstić information content (AvgIpc) is 2.51. The molecular formula is C17H30F3N3S. The third-order valence-corrected chi connectivity index (χ3v) is 7.86. The summed E-state index contributed by atoms with van der Waals surface area (Å²) in [6.07, 6.45) is 0.220. The van der Waals surface area contributed by atoms with Gasteiger partial charge in [-0.2, -0.15) is 24.9 Å². The number of nitrogens with one attached hydrogen (secondary N) is 2. The maximum absolute atomic E-state index is 13.6. The first-order valence-electron chi connectivity index (χ1n) is 9.08. The van der Waals surface area contributed by atoms with Gasteiger partial charge in [0.2, 0.25) is 0 Å². The molecule has 1 saturated heterocycles. The molecule has 0 aromatic heterocycles. The largest absolute Gasteiger partial charge is 0.393 e. The molecule has 2 aliphatic carbocycles. The first-order valence-corrected chi connectivity index (χ1v) is 10.0. The molecule has 0 aromatic carbocycles. The molecule has 3 nitrogen and oxygen atoms in total. The zero-order valence-electron chi connectivity index (χ0n) is 14.8. The van der Waals surface area contributed by atoms with Crippen LogP contribution in [0.15, 0.2) is 0 Å². The van der Waals surface area contributed by atoms with E-state index in [1.165, 1.54) is 0 Å². The van der Waals surface area contributed by atoms with Crippen molar-refractivity contribution in [3.8, 4) is 0 Å². The quantitative estimate of drug-likeness (QED) is 0.804. The van der Waals surface area contributed by atoms with Crippen molar-refractivity contribution in [2.75, 3.05) is 27.7 Å². The first kappa shape index (κ1) is 18.8. The van der Waals surface area contributed by atoms with Crippen molar-refractivity contribution in [2.45, 2.75) is 66.9 Å². The highest BCUT2D eigenvalue weighted by Gasteiger charge is 2.54. The van der Waals surface area contributed by atoms with Crippen LogP contribution >= 0.6 is 11.8 Å². The first-order chi connectivity index (χ1) is 11.3. The van der Waals surface area contributed by atoms with Gasteiger partial charge < -0.3 is 15.5 Å². The van der Waals surface area contributed by atoms with Crippen molar-refractivity contribution < 1.29 is 13.2 Å². The molecule has 0 bridgehead atoms. The number of rotatable bonds is 3. The van der Waals surface area contributed by atoms with E-state index < -0.39 is 18.1 Å². The van der Waals surface area contributed by atoms with Crippen LogP contribution in [0.1, 0.15) is 32.1 Å². The summed E-state index contributed by atoms with van der Waals surface area (Å²) in [6.45, 7) is 0.685. The third kappa shape index (κ3) is 3.89. The molecule has 2 N–H and O–H groups in total. The molecule has 1 aliphatic heterocycles. The van der Waals surface area contributed by atoms with E-state index in [-0.39, 0.29) is 23.6 Å².